The van der Waals surface area contributed by atoms with Crippen molar-refractivity contribution in [3.8, 4) is 5.75 Å². The summed E-state index contributed by atoms with van der Waals surface area (Å²) in [5.74, 6) is -2.21. The number of benzene rings is 2. The molecule has 0 aliphatic carbocycles. The van der Waals surface area contributed by atoms with Crippen molar-refractivity contribution in [2.75, 3.05) is 13.7 Å². The second kappa shape index (κ2) is 9.93. The maximum Gasteiger partial charge on any atom is 0.295 e. The van der Waals surface area contributed by atoms with Crippen LogP contribution in [0.25, 0.3) is 5.76 Å². The van der Waals surface area contributed by atoms with E-state index in [0.717, 1.165) is 0 Å². The van der Waals surface area contributed by atoms with E-state index in [1.54, 1.807) is 54.6 Å². The first-order valence-corrected chi connectivity index (χ1v) is 10.1. The quantitative estimate of drug-likeness (QED) is 0.288. The van der Waals surface area contributed by atoms with E-state index in [1.165, 1.54) is 12.0 Å². The molecule has 31 heavy (non-hydrogen) atoms. The molecular weight excluding hydrogens is 398 g/mol. The molecule has 162 valence electrons. The molecule has 0 radical (unpaired) electrons. The third-order valence-electron chi connectivity index (χ3n) is 5.28. The van der Waals surface area contributed by atoms with Gasteiger partial charge in [-0.05, 0) is 37.0 Å². The van der Waals surface area contributed by atoms with Crippen LogP contribution in [0.5, 0.6) is 5.75 Å². The van der Waals surface area contributed by atoms with Gasteiger partial charge in [0.2, 0.25) is 0 Å². The lowest BCUT2D eigenvalue weighted by molar-refractivity contribution is -0.305. The molecule has 1 saturated heterocycles. The van der Waals surface area contributed by atoms with Gasteiger partial charge in [-0.25, -0.2) is 0 Å². The maximum absolute atomic E-state index is 12.9. The van der Waals surface area contributed by atoms with Crippen LogP contribution in [0.2, 0.25) is 0 Å². The monoisotopic (exact) mass is 422 g/mol. The molecule has 0 spiro atoms. The topological polar surface area (TPSA) is 107 Å². The highest BCUT2D eigenvalue weighted by molar-refractivity contribution is 6.46. The summed E-state index contributed by atoms with van der Waals surface area (Å²) < 4.78 is 5.29. The number of methoxy groups -OCH3 is 1. The molecule has 2 aromatic carbocycles. The van der Waals surface area contributed by atoms with Crippen LogP contribution in [-0.4, -0.2) is 41.3 Å². The third kappa shape index (κ3) is 4.94. The summed E-state index contributed by atoms with van der Waals surface area (Å²) in [7, 11) is 1.53. The van der Waals surface area contributed by atoms with E-state index < -0.39 is 23.7 Å². The molecule has 7 heteroatoms. The number of nitrogens with zero attached hydrogens (tertiary/aromatic N) is 1. The molecule has 3 rings (SSSR count). The number of aliphatic carboxylic acids is 1. The maximum atomic E-state index is 12.9. The molecule has 7 nitrogen and oxygen atoms in total. The van der Waals surface area contributed by atoms with E-state index in [4.69, 9.17) is 4.74 Å². The minimum absolute atomic E-state index is 0.0270. The van der Waals surface area contributed by atoms with Gasteiger partial charge in [0.05, 0.1) is 18.7 Å². The first-order chi connectivity index (χ1) is 14.9. The molecule has 1 atom stereocenters. The van der Waals surface area contributed by atoms with E-state index in [0.29, 0.717) is 36.1 Å². The molecule has 1 aliphatic rings. The van der Waals surface area contributed by atoms with Crippen LogP contribution in [0.15, 0.2) is 60.2 Å². The Hall–Kier alpha value is -3.61. The number of aliphatic hydroxyl groups is 1. The van der Waals surface area contributed by atoms with Crippen LogP contribution in [0.3, 0.4) is 0 Å². The second-order valence-corrected chi connectivity index (χ2v) is 7.32. The van der Waals surface area contributed by atoms with Gasteiger partial charge in [0, 0.05) is 18.1 Å². The minimum atomic E-state index is -1.11. The largest absolute Gasteiger partial charge is 0.550 e. The zero-order valence-corrected chi connectivity index (χ0v) is 17.2. The molecular formula is C24H24NO6-. The van der Waals surface area contributed by atoms with E-state index in [-0.39, 0.29) is 24.3 Å². The summed E-state index contributed by atoms with van der Waals surface area (Å²) in [5, 5.41) is 21.5. The Labute approximate surface area is 180 Å². The van der Waals surface area contributed by atoms with E-state index in [9.17, 15) is 24.6 Å². The van der Waals surface area contributed by atoms with Gasteiger partial charge >= 0.3 is 0 Å². The Kier molecular flexibility index (Phi) is 7.07. The number of likely N-dealkylation sites (tertiary alicyclic amines) is 1. The molecule has 0 unspecified atom stereocenters. The van der Waals surface area contributed by atoms with Gasteiger partial charge in [-0.2, -0.15) is 0 Å². The number of hydrogen-bond donors (Lipinski definition) is 1. The fourth-order valence-corrected chi connectivity index (χ4v) is 3.75. The molecule has 0 aromatic heterocycles. The van der Waals surface area contributed by atoms with Crippen molar-refractivity contribution >= 4 is 23.4 Å². The van der Waals surface area contributed by atoms with Gasteiger partial charge in [-0.15, -0.1) is 0 Å². The third-order valence-corrected chi connectivity index (χ3v) is 5.28. The van der Waals surface area contributed by atoms with Crippen molar-refractivity contribution in [2.45, 2.75) is 31.7 Å². The van der Waals surface area contributed by atoms with Gasteiger partial charge in [-0.1, -0.05) is 48.9 Å². The SMILES string of the molecule is COc1cccc([C@H]2C(=C(O)c3ccccc3)C(=O)C(=O)N2CCCCCC(=O)[O-])c1. The molecule has 1 aliphatic heterocycles. The Morgan fingerprint density at radius 1 is 1.06 bits per heavy atom. The summed E-state index contributed by atoms with van der Waals surface area (Å²) >= 11 is 0. The lowest BCUT2D eigenvalue weighted by Gasteiger charge is -2.25. The number of amides is 1. The number of hydrogen-bond acceptors (Lipinski definition) is 6. The number of aliphatic hydroxyl groups excluding tert-OH is 1. The summed E-state index contributed by atoms with van der Waals surface area (Å²) in [6.45, 7) is 0.255. The highest BCUT2D eigenvalue weighted by atomic mass is 16.5. The van der Waals surface area contributed by atoms with Crippen LogP contribution in [0.4, 0.5) is 0 Å². The Bertz CT molecular complexity index is 998. The highest BCUT2D eigenvalue weighted by Crippen LogP contribution is 2.40. The summed E-state index contributed by atoms with van der Waals surface area (Å²) in [6.07, 6.45) is 1.47. The number of carbonyl (C=O) groups excluding carboxylic acids is 3. The van der Waals surface area contributed by atoms with Crippen LogP contribution in [0, 0.1) is 0 Å². The lowest BCUT2D eigenvalue weighted by atomic mass is 9.95. The van der Waals surface area contributed by atoms with Gasteiger partial charge in [0.25, 0.3) is 11.7 Å². The Morgan fingerprint density at radius 3 is 2.48 bits per heavy atom. The van der Waals surface area contributed by atoms with Gasteiger partial charge < -0.3 is 24.6 Å². The Morgan fingerprint density at radius 2 is 1.81 bits per heavy atom. The van der Waals surface area contributed by atoms with Crippen molar-refractivity contribution < 1.29 is 29.3 Å². The predicted octanol–water partition coefficient (Wildman–Crippen LogP) is 2.43. The first kappa shape index (κ1) is 22.1. The number of Topliss-reactive ketones (excluding diaryl/α,β-unsaturated/α-hetero) is 1. The first-order valence-electron chi connectivity index (χ1n) is 10.1. The standard InChI is InChI=1S/C24H25NO6/c1-31-18-12-8-11-17(15-18)21-20(22(28)16-9-4-2-5-10-16)23(29)24(30)25(21)14-7-3-6-13-19(26)27/h2,4-5,8-12,15,21,28H,3,6-7,13-14H2,1H3,(H,26,27)/p-1/t21-/m0/s1. The number of carbonyl (C=O) groups is 3. The van der Waals surface area contributed by atoms with Crippen molar-refractivity contribution in [3.05, 3.63) is 71.3 Å². The fraction of sp³-hybridized carbons (Fsp3) is 0.292. The normalized spacial score (nSPS) is 17.7. The zero-order valence-electron chi connectivity index (χ0n) is 17.2. The van der Waals surface area contributed by atoms with E-state index in [2.05, 4.69) is 0 Å². The number of unbranched alkanes of at least 4 members (excludes halogenated alkanes) is 2. The molecule has 2 aromatic rings. The number of rotatable bonds is 9. The van der Waals surface area contributed by atoms with E-state index in [1.807, 2.05) is 0 Å². The van der Waals surface area contributed by atoms with Crippen LogP contribution in [0.1, 0.15) is 42.9 Å². The highest BCUT2D eigenvalue weighted by Gasteiger charge is 2.45. The summed E-state index contributed by atoms with van der Waals surface area (Å²) in [4.78, 5) is 37.8. The average Bonchev–Trinajstić information content (AvgIpc) is 3.03. The molecule has 1 amide bonds. The van der Waals surface area contributed by atoms with Crippen LogP contribution >= 0.6 is 0 Å². The minimum Gasteiger partial charge on any atom is -0.550 e. The van der Waals surface area contributed by atoms with Crippen molar-refractivity contribution in [2.24, 2.45) is 0 Å². The number of ketones is 1. The van der Waals surface area contributed by atoms with Crippen LogP contribution in [-0.2, 0) is 14.4 Å². The molecule has 0 saturated carbocycles. The average molecular weight is 422 g/mol. The second-order valence-electron chi connectivity index (χ2n) is 7.32. The van der Waals surface area contributed by atoms with Gasteiger partial charge in [0.15, 0.2) is 0 Å². The number of ether oxygens (including phenoxy) is 1. The molecule has 1 N–H and O–H groups in total. The van der Waals surface area contributed by atoms with Crippen molar-refractivity contribution in [1.82, 2.24) is 4.90 Å². The van der Waals surface area contributed by atoms with Crippen molar-refractivity contribution in [3.63, 3.8) is 0 Å². The predicted molar refractivity (Wildman–Crippen MR) is 112 cm³/mol. The van der Waals surface area contributed by atoms with Gasteiger partial charge in [-0.3, -0.25) is 9.59 Å². The molecule has 0 bridgehead atoms. The fourth-order valence-electron chi connectivity index (χ4n) is 3.75. The van der Waals surface area contributed by atoms with Gasteiger partial charge in [0.1, 0.15) is 11.5 Å². The zero-order chi connectivity index (χ0) is 22.4. The van der Waals surface area contributed by atoms with Crippen molar-refractivity contribution in [1.29, 1.82) is 0 Å². The summed E-state index contributed by atoms with van der Waals surface area (Å²) in [5.41, 5.74) is 1.12. The van der Waals surface area contributed by atoms with E-state index >= 15 is 0 Å². The summed E-state index contributed by atoms with van der Waals surface area (Å²) in [6, 6.07) is 14.9. The van der Waals surface area contributed by atoms with Crippen LogP contribution < -0.4 is 9.84 Å². The molecule has 1 heterocycles. The number of carboxylic acid groups (broad SMARTS) is 1. The smallest absolute Gasteiger partial charge is 0.295 e. The Balaban J connectivity index is 1.98. The molecule has 1 fully saturated rings. The number of carboxylic acids is 1. The lowest BCUT2D eigenvalue weighted by Crippen LogP contribution is -2.30.